The van der Waals surface area contributed by atoms with Crippen molar-refractivity contribution in [2.24, 2.45) is 5.10 Å². The van der Waals surface area contributed by atoms with E-state index in [-0.39, 0.29) is 11.7 Å². The Balaban J connectivity index is 1.51. The Kier molecular flexibility index (Phi) is 9.06. The van der Waals surface area contributed by atoms with Crippen LogP contribution in [-0.4, -0.2) is 61.1 Å². The van der Waals surface area contributed by atoms with Gasteiger partial charge in [0.2, 0.25) is 0 Å². The average Bonchev–Trinajstić information content (AvgIpc) is 3.40. The fourth-order valence-corrected chi connectivity index (χ4v) is 4.45. The standard InChI is InChI=1S/C28H29N5O5S/c1-18-6-8-19(9-7-18)27-31-32-28(33(27)21-10-12-22(35-2)13-11-21)39-17-26(34)30-29-16-20-14-24(37-4)25(38-5)15-23(20)36-3/h6-16H,17H2,1-5H3,(H,30,34)/b29-16-. The van der Waals surface area contributed by atoms with Gasteiger partial charge in [0.05, 0.1) is 40.4 Å². The quantitative estimate of drug-likeness (QED) is 0.166. The lowest BCUT2D eigenvalue weighted by molar-refractivity contribution is -0.118. The third-order valence-electron chi connectivity index (χ3n) is 5.73. The largest absolute Gasteiger partial charge is 0.497 e. The molecule has 1 aromatic heterocycles. The third-order valence-corrected chi connectivity index (χ3v) is 6.66. The molecule has 1 heterocycles. The number of aryl methyl sites for hydroxylation is 1. The van der Waals surface area contributed by atoms with E-state index in [1.54, 1.807) is 33.5 Å². The molecule has 0 atom stereocenters. The molecule has 0 aliphatic heterocycles. The van der Waals surface area contributed by atoms with Gasteiger partial charge in [0.15, 0.2) is 22.5 Å². The molecule has 3 aromatic carbocycles. The van der Waals surface area contributed by atoms with Crippen LogP contribution in [0.15, 0.2) is 70.9 Å². The number of carbonyl (C=O) groups is 1. The monoisotopic (exact) mass is 547 g/mol. The highest BCUT2D eigenvalue weighted by atomic mass is 32.2. The van der Waals surface area contributed by atoms with Crippen LogP contribution >= 0.6 is 11.8 Å². The lowest BCUT2D eigenvalue weighted by atomic mass is 10.1. The molecular formula is C28H29N5O5S. The highest BCUT2D eigenvalue weighted by Gasteiger charge is 2.18. The maximum absolute atomic E-state index is 12.6. The minimum absolute atomic E-state index is 0.0720. The number of aromatic nitrogens is 3. The summed E-state index contributed by atoms with van der Waals surface area (Å²) in [6, 6.07) is 19.0. The number of methoxy groups -OCH3 is 4. The van der Waals surface area contributed by atoms with E-state index in [2.05, 4.69) is 20.7 Å². The molecule has 1 N–H and O–H groups in total. The van der Waals surface area contributed by atoms with Gasteiger partial charge in [-0.1, -0.05) is 41.6 Å². The van der Waals surface area contributed by atoms with E-state index in [4.69, 9.17) is 18.9 Å². The van der Waals surface area contributed by atoms with Crippen molar-refractivity contribution in [3.05, 3.63) is 71.8 Å². The van der Waals surface area contributed by atoms with Crippen LogP contribution in [0.1, 0.15) is 11.1 Å². The molecule has 0 bridgehead atoms. The van der Waals surface area contributed by atoms with Crippen LogP contribution in [0.4, 0.5) is 0 Å². The summed E-state index contributed by atoms with van der Waals surface area (Å²) in [7, 11) is 6.24. The fraction of sp³-hybridized carbons (Fsp3) is 0.214. The van der Waals surface area contributed by atoms with E-state index in [1.807, 2.05) is 60.0 Å². The topological polar surface area (TPSA) is 109 Å². The van der Waals surface area contributed by atoms with E-state index >= 15 is 0 Å². The molecule has 0 aliphatic rings. The van der Waals surface area contributed by atoms with Gasteiger partial charge < -0.3 is 18.9 Å². The van der Waals surface area contributed by atoms with Gasteiger partial charge in [0.25, 0.3) is 5.91 Å². The van der Waals surface area contributed by atoms with Crippen LogP contribution in [0, 0.1) is 6.92 Å². The van der Waals surface area contributed by atoms with E-state index < -0.39 is 0 Å². The number of nitrogens with zero attached hydrogens (tertiary/aromatic N) is 4. The first-order chi connectivity index (χ1) is 19.0. The van der Waals surface area contributed by atoms with Crippen molar-refractivity contribution in [2.75, 3.05) is 34.2 Å². The summed E-state index contributed by atoms with van der Waals surface area (Å²) in [5.74, 6) is 2.74. The molecule has 0 radical (unpaired) electrons. The summed E-state index contributed by atoms with van der Waals surface area (Å²) in [6.45, 7) is 2.03. The lowest BCUT2D eigenvalue weighted by Crippen LogP contribution is -2.20. The number of hydrogen-bond acceptors (Lipinski definition) is 9. The summed E-state index contributed by atoms with van der Waals surface area (Å²) in [5, 5.41) is 13.5. The number of carbonyl (C=O) groups excluding carboxylic acids is 1. The minimum Gasteiger partial charge on any atom is -0.497 e. The van der Waals surface area contributed by atoms with Gasteiger partial charge in [-0.2, -0.15) is 5.10 Å². The van der Waals surface area contributed by atoms with E-state index in [9.17, 15) is 4.79 Å². The van der Waals surface area contributed by atoms with Crippen LogP contribution in [0.3, 0.4) is 0 Å². The average molecular weight is 548 g/mol. The molecule has 0 saturated carbocycles. The second-order valence-corrected chi connectivity index (χ2v) is 9.18. The highest BCUT2D eigenvalue weighted by Crippen LogP contribution is 2.34. The Morgan fingerprint density at radius 1 is 0.897 bits per heavy atom. The van der Waals surface area contributed by atoms with Crippen molar-refractivity contribution >= 4 is 23.9 Å². The Hall–Kier alpha value is -4.51. The molecule has 0 aliphatic carbocycles. The zero-order chi connectivity index (χ0) is 27.8. The molecule has 4 rings (SSSR count). The molecule has 11 heteroatoms. The SMILES string of the molecule is COc1ccc(-n2c(SCC(=O)N/N=C\c3cc(OC)c(OC)cc3OC)nnc2-c2ccc(C)cc2)cc1. The van der Waals surface area contributed by atoms with Gasteiger partial charge in [-0.3, -0.25) is 9.36 Å². The van der Waals surface area contributed by atoms with Crippen LogP contribution in [0.2, 0.25) is 0 Å². The second kappa shape index (κ2) is 12.8. The summed E-state index contributed by atoms with van der Waals surface area (Å²) < 4.78 is 23.2. The normalized spacial score (nSPS) is 10.9. The molecule has 0 unspecified atom stereocenters. The number of benzene rings is 3. The van der Waals surface area contributed by atoms with Crippen LogP contribution in [0.5, 0.6) is 23.0 Å². The van der Waals surface area contributed by atoms with Gasteiger partial charge in [-0.15, -0.1) is 10.2 Å². The maximum Gasteiger partial charge on any atom is 0.250 e. The third kappa shape index (κ3) is 6.50. The number of hydrazone groups is 1. The smallest absolute Gasteiger partial charge is 0.250 e. The fourth-order valence-electron chi connectivity index (χ4n) is 3.71. The number of hydrogen-bond donors (Lipinski definition) is 1. The predicted molar refractivity (Wildman–Crippen MR) is 151 cm³/mol. The Labute approximate surface area is 231 Å². The Morgan fingerprint density at radius 3 is 2.21 bits per heavy atom. The van der Waals surface area contributed by atoms with Gasteiger partial charge in [0.1, 0.15) is 11.5 Å². The van der Waals surface area contributed by atoms with Crippen molar-refractivity contribution in [2.45, 2.75) is 12.1 Å². The van der Waals surface area contributed by atoms with E-state index in [0.29, 0.717) is 33.8 Å². The van der Waals surface area contributed by atoms with Crippen molar-refractivity contribution in [3.8, 4) is 40.1 Å². The summed E-state index contributed by atoms with van der Waals surface area (Å²) in [4.78, 5) is 12.6. The van der Waals surface area contributed by atoms with Crippen molar-refractivity contribution in [1.29, 1.82) is 0 Å². The molecule has 10 nitrogen and oxygen atoms in total. The van der Waals surface area contributed by atoms with Gasteiger partial charge >= 0.3 is 0 Å². The molecule has 0 saturated heterocycles. The summed E-state index contributed by atoms with van der Waals surface area (Å²) >= 11 is 1.25. The zero-order valence-electron chi connectivity index (χ0n) is 22.3. The first-order valence-electron chi connectivity index (χ1n) is 11.9. The Morgan fingerprint density at radius 2 is 1.56 bits per heavy atom. The molecule has 4 aromatic rings. The summed E-state index contributed by atoms with van der Waals surface area (Å²) in [5.41, 5.74) is 6.06. The Bertz CT molecular complexity index is 1450. The first-order valence-corrected chi connectivity index (χ1v) is 12.9. The number of rotatable bonds is 11. The van der Waals surface area contributed by atoms with Gasteiger partial charge in [-0.05, 0) is 37.3 Å². The van der Waals surface area contributed by atoms with E-state index in [0.717, 1.165) is 22.6 Å². The van der Waals surface area contributed by atoms with Gasteiger partial charge in [0, 0.05) is 22.9 Å². The maximum atomic E-state index is 12.6. The van der Waals surface area contributed by atoms with Crippen molar-refractivity contribution in [1.82, 2.24) is 20.2 Å². The number of nitrogens with one attached hydrogen (secondary N) is 1. The molecular weight excluding hydrogens is 518 g/mol. The number of thioether (sulfide) groups is 1. The van der Waals surface area contributed by atoms with Gasteiger partial charge in [-0.25, -0.2) is 5.43 Å². The van der Waals surface area contributed by atoms with Crippen LogP contribution < -0.4 is 24.4 Å². The molecule has 39 heavy (non-hydrogen) atoms. The number of ether oxygens (including phenoxy) is 4. The molecule has 1 amide bonds. The number of amides is 1. The van der Waals surface area contributed by atoms with E-state index in [1.165, 1.54) is 25.1 Å². The lowest BCUT2D eigenvalue weighted by Gasteiger charge is -2.12. The molecule has 0 spiro atoms. The second-order valence-electron chi connectivity index (χ2n) is 8.24. The molecule has 0 fully saturated rings. The first kappa shape index (κ1) is 27.5. The summed E-state index contributed by atoms with van der Waals surface area (Å²) in [6.07, 6.45) is 1.48. The van der Waals surface area contributed by atoms with Crippen molar-refractivity contribution < 1.29 is 23.7 Å². The zero-order valence-corrected chi connectivity index (χ0v) is 23.1. The highest BCUT2D eigenvalue weighted by molar-refractivity contribution is 7.99. The minimum atomic E-state index is -0.308. The van der Waals surface area contributed by atoms with Crippen LogP contribution in [0.25, 0.3) is 17.1 Å². The van der Waals surface area contributed by atoms with Crippen molar-refractivity contribution in [3.63, 3.8) is 0 Å². The molecule has 202 valence electrons. The predicted octanol–water partition coefficient (Wildman–Crippen LogP) is 4.52. The van der Waals surface area contributed by atoms with Crippen LogP contribution in [-0.2, 0) is 4.79 Å².